The lowest BCUT2D eigenvalue weighted by molar-refractivity contribution is -0.123. The van der Waals surface area contributed by atoms with Crippen molar-refractivity contribution in [3.63, 3.8) is 0 Å². The van der Waals surface area contributed by atoms with Crippen LogP contribution in [0.4, 0.5) is 0 Å². The fourth-order valence-corrected chi connectivity index (χ4v) is 1.60. The molecule has 1 aromatic heterocycles. The summed E-state index contributed by atoms with van der Waals surface area (Å²) in [4.78, 5) is 23.5. The van der Waals surface area contributed by atoms with Crippen molar-refractivity contribution in [3.05, 3.63) is 24.2 Å². The van der Waals surface area contributed by atoms with Gasteiger partial charge >= 0.3 is 0 Å². The summed E-state index contributed by atoms with van der Waals surface area (Å²) in [6, 6.07) is 2.39. The van der Waals surface area contributed by atoms with Gasteiger partial charge in [-0.05, 0) is 31.9 Å². The summed E-state index contributed by atoms with van der Waals surface area (Å²) in [6.07, 6.45) is 2.63. The number of rotatable bonds is 7. The molecule has 1 rings (SSSR count). The summed E-state index contributed by atoms with van der Waals surface area (Å²) in [6.45, 7) is 3.54. The topological polar surface area (TPSA) is 91.6 Å². The first-order valence-electron chi connectivity index (χ1n) is 6.34. The van der Waals surface area contributed by atoms with Gasteiger partial charge in [0.1, 0.15) is 6.04 Å². The van der Waals surface area contributed by atoms with E-state index in [0.29, 0.717) is 6.42 Å². The lowest BCUT2D eigenvalue weighted by atomic mass is 10.1. The lowest BCUT2D eigenvalue weighted by Crippen LogP contribution is -2.48. The maximum absolute atomic E-state index is 11.9. The van der Waals surface area contributed by atoms with Crippen LogP contribution in [0.25, 0.3) is 0 Å². The number of hydrogen-bond donors (Lipinski definition) is 3. The number of hydrogen-bond acceptors (Lipinski definition) is 4. The molecule has 0 bridgehead atoms. The fraction of sp³-hybridized carbons (Fsp3) is 0.538. The molecule has 0 radical (unpaired) electrons. The molecule has 6 heteroatoms. The van der Waals surface area contributed by atoms with Crippen molar-refractivity contribution in [2.24, 2.45) is 0 Å². The zero-order valence-corrected chi connectivity index (χ0v) is 11.2. The third-order valence-electron chi connectivity index (χ3n) is 2.80. The van der Waals surface area contributed by atoms with Crippen LogP contribution in [0, 0.1) is 0 Å². The summed E-state index contributed by atoms with van der Waals surface area (Å²) in [7, 11) is 0. The first-order valence-corrected chi connectivity index (χ1v) is 6.34. The number of carbonyl (C=O) groups excluding carboxylic acids is 2. The van der Waals surface area contributed by atoms with E-state index in [1.807, 2.05) is 6.92 Å². The quantitative estimate of drug-likeness (QED) is 0.678. The van der Waals surface area contributed by atoms with E-state index in [9.17, 15) is 9.59 Å². The van der Waals surface area contributed by atoms with Crippen LogP contribution in [0.5, 0.6) is 0 Å². The highest BCUT2D eigenvalue weighted by molar-refractivity contribution is 5.95. The average molecular weight is 268 g/mol. The molecule has 0 saturated heterocycles. The minimum Gasteiger partial charge on any atom is -0.459 e. The molecule has 0 saturated carbocycles. The van der Waals surface area contributed by atoms with E-state index in [0.717, 1.165) is 6.42 Å². The highest BCUT2D eigenvalue weighted by atomic mass is 16.3. The zero-order chi connectivity index (χ0) is 14.3. The van der Waals surface area contributed by atoms with Gasteiger partial charge in [-0.2, -0.15) is 0 Å². The first kappa shape index (κ1) is 15.2. The standard InChI is InChI=1S/C13H20N2O4/c1-3-10(6-7-16)15-12(17)9(2)14-13(18)11-5-4-8-19-11/h4-5,8-10,16H,3,6-7H2,1-2H3,(H,14,18)(H,15,17). The Hall–Kier alpha value is -1.82. The third kappa shape index (κ3) is 4.75. The Morgan fingerprint density at radius 1 is 1.42 bits per heavy atom. The summed E-state index contributed by atoms with van der Waals surface area (Å²) >= 11 is 0. The molecule has 106 valence electrons. The summed E-state index contributed by atoms with van der Waals surface area (Å²) in [5.74, 6) is -0.537. The fourth-order valence-electron chi connectivity index (χ4n) is 1.60. The molecule has 3 N–H and O–H groups in total. The van der Waals surface area contributed by atoms with Gasteiger partial charge in [-0.3, -0.25) is 9.59 Å². The van der Waals surface area contributed by atoms with Gasteiger partial charge in [-0.15, -0.1) is 0 Å². The largest absolute Gasteiger partial charge is 0.459 e. The average Bonchev–Trinajstić information content (AvgIpc) is 2.91. The van der Waals surface area contributed by atoms with Gasteiger partial charge in [0.25, 0.3) is 5.91 Å². The molecule has 1 aromatic rings. The van der Waals surface area contributed by atoms with Gasteiger partial charge in [-0.1, -0.05) is 6.92 Å². The predicted octanol–water partition coefficient (Wildman–Crippen LogP) is 0.675. The van der Waals surface area contributed by atoms with E-state index in [-0.39, 0.29) is 24.3 Å². The van der Waals surface area contributed by atoms with Crippen molar-refractivity contribution in [1.82, 2.24) is 10.6 Å². The SMILES string of the molecule is CCC(CCO)NC(=O)C(C)NC(=O)c1ccco1. The second-order valence-corrected chi connectivity index (χ2v) is 4.30. The second kappa shape index (κ2) is 7.58. The first-order chi connectivity index (χ1) is 9.08. The van der Waals surface area contributed by atoms with Gasteiger partial charge in [0.2, 0.25) is 5.91 Å². The van der Waals surface area contributed by atoms with Crippen molar-refractivity contribution in [1.29, 1.82) is 0 Å². The smallest absolute Gasteiger partial charge is 0.287 e. The minimum absolute atomic E-state index is 0.0198. The minimum atomic E-state index is -0.662. The van der Waals surface area contributed by atoms with Gasteiger partial charge in [0.15, 0.2) is 5.76 Å². The van der Waals surface area contributed by atoms with Crippen molar-refractivity contribution >= 4 is 11.8 Å². The number of nitrogens with one attached hydrogen (secondary N) is 2. The van der Waals surface area contributed by atoms with Crippen LogP contribution in [0.1, 0.15) is 37.2 Å². The monoisotopic (exact) mass is 268 g/mol. The van der Waals surface area contributed by atoms with Crippen molar-refractivity contribution < 1.29 is 19.1 Å². The number of aliphatic hydroxyl groups excluding tert-OH is 1. The molecule has 0 spiro atoms. The zero-order valence-electron chi connectivity index (χ0n) is 11.2. The van der Waals surface area contributed by atoms with E-state index in [1.165, 1.54) is 12.3 Å². The maximum atomic E-state index is 11.9. The number of aliphatic hydroxyl groups is 1. The highest BCUT2D eigenvalue weighted by Gasteiger charge is 2.19. The molecule has 0 fully saturated rings. The Bertz CT molecular complexity index is 403. The van der Waals surface area contributed by atoms with Crippen molar-refractivity contribution in [3.8, 4) is 0 Å². The molecule has 19 heavy (non-hydrogen) atoms. The Morgan fingerprint density at radius 3 is 2.68 bits per heavy atom. The summed E-state index contributed by atoms with van der Waals surface area (Å²) in [5, 5.41) is 14.2. The number of amides is 2. The molecule has 0 aliphatic carbocycles. The predicted molar refractivity (Wildman–Crippen MR) is 69.6 cm³/mol. The number of carbonyl (C=O) groups is 2. The Kier molecular flexibility index (Phi) is 6.08. The van der Waals surface area contributed by atoms with Gasteiger partial charge < -0.3 is 20.2 Å². The third-order valence-corrected chi connectivity index (χ3v) is 2.80. The Labute approximate surface area is 112 Å². The van der Waals surface area contributed by atoms with Gasteiger partial charge in [-0.25, -0.2) is 0 Å². The maximum Gasteiger partial charge on any atom is 0.287 e. The normalized spacial score (nSPS) is 13.6. The molecule has 6 nitrogen and oxygen atoms in total. The van der Waals surface area contributed by atoms with Crippen LogP contribution in [0.3, 0.4) is 0 Å². The van der Waals surface area contributed by atoms with E-state index < -0.39 is 11.9 Å². The molecule has 0 aliphatic heterocycles. The molecule has 1 heterocycles. The van der Waals surface area contributed by atoms with Crippen LogP contribution in [-0.4, -0.2) is 35.6 Å². The molecular formula is C13H20N2O4. The van der Waals surface area contributed by atoms with Gasteiger partial charge in [0.05, 0.1) is 6.26 Å². The van der Waals surface area contributed by atoms with E-state index in [1.54, 1.807) is 13.0 Å². The van der Waals surface area contributed by atoms with E-state index in [2.05, 4.69) is 10.6 Å². The van der Waals surface area contributed by atoms with Crippen molar-refractivity contribution in [2.45, 2.75) is 38.8 Å². The highest BCUT2D eigenvalue weighted by Crippen LogP contribution is 2.01. The molecule has 2 atom stereocenters. The van der Waals surface area contributed by atoms with Crippen molar-refractivity contribution in [2.75, 3.05) is 6.61 Å². The molecule has 2 amide bonds. The van der Waals surface area contributed by atoms with E-state index >= 15 is 0 Å². The van der Waals surface area contributed by atoms with E-state index in [4.69, 9.17) is 9.52 Å². The van der Waals surface area contributed by atoms with Crippen LogP contribution < -0.4 is 10.6 Å². The lowest BCUT2D eigenvalue weighted by Gasteiger charge is -2.19. The summed E-state index contributed by atoms with van der Waals surface area (Å²) < 4.78 is 4.94. The Balaban J connectivity index is 2.46. The van der Waals surface area contributed by atoms with Crippen LogP contribution in [0.2, 0.25) is 0 Å². The second-order valence-electron chi connectivity index (χ2n) is 4.30. The number of furan rings is 1. The molecule has 0 aromatic carbocycles. The molecular weight excluding hydrogens is 248 g/mol. The summed E-state index contributed by atoms with van der Waals surface area (Å²) in [5.41, 5.74) is 0. The van der Waals surface area contributed by atoms with Crippen LogP contribution >= 0.6 is 0 Å². The van der Waals surface area contributed by atoms with Gasteiger partial charge in [0, 0.05) is 12.6 Å². The van der Waals surface area contributed by atoms with Crippen LogP contribution in [0.15, 0.2) is 22.8 Å². The Morgan fingerprint density at radius 2 is 2.16 bits per heavy atom. The molecule has 0 aliphatic rings. The van der Waals surface area contributed by atoms with Crippen LogP contribution in [-0.2, 0) is 4.79 Å². The molecule has 2 unspecified atom stereocenters.